The zero-order valence-corrected chi connectivity index (χ0v) is 14.5. The lowest BCUT2D eigenvalue weighted by Crippen LogP contribution is -2.59. The molecule has 1 saturated heterocycles. The Morgan fingerprint density at radius 3 is 2.42 bits per heavy atom. The van der Waals surface area contributed by atoms with Gasteiger partial charge in [0.25, 0.3) is 5.91 Å². The molecule has 2 heterocycles. The van der Waals surface area contributed by atoms with Gasteiger partial charge in [0.05, 0.1) is 17.5 Å². The lowest BCUT2D eigenvalue weighted by molar-refractivity contribution is -0.147. The Morgan fingerprint density at radius 1 is 1.17 bits per heavy atom. The van der Waals surface area contributed by atoms with E-state index in [1.54, 1.807) is 11.8 Å². The Kier molecular flexibility index (Phi) is 4.49. The van der Waals surface area contributed by atoms with Gasteiger partial charge < -0.3 is 20.3 Å². The van der Waals surface area contributed by atoms with Crippen molar-refractivity contribution in [1.82, 2.24) is 4.90 Å². The van der Waals surface area contributed by atoms with E-state index in [2.05, 4.69) is 10.6 Å². The summed E-state index contributed by atoms with van der Waals surface area (Å²) in [5, 5.41) is 6.39. The molecule has 1 aromatic rings. The fraction of sp³-hybridized carbons (Fsp3) is 0.556. The topological polar surface area (TPSA) is 70.7 Å². The molecule has 2 N–H and O–H groups in total. The van der Waals surface area contributed by atoms with E-state index in [-0.39, 0.29) is 17.9 Å². The van der Waals surface area contributed by atoms with E-state index in [0.29, 0.717) is 25.9 Å². The first kappa shape index (κ1) is 16.8. The van der Waals surface area contributed by atoms with E-state index in [4.69, 9.17) is 4.74 Å². The summed E-state index contributed by atoms with van der Waals surface area (Å²) in [6, 6.07) is 7.69. The van der Waals surface area contributed by atoms with Crippen molar-refractivity contribution in [2.45, 2.75) is 51.4 Å². The van der Waals surface area contributed by atoms with Crippen LogP contribution in [0.4, 0.5) is 11.4 Å². The Morgan fingerprint density at radius 2 is 1.79 bits per heavy atom. The highest BCUT2D eigenvalue weighted by molar-refractivity contribution is 6.06. The predicted molar refractivity (Wildman–Crippen MR) is 92.9 cm³/mol. The van der Waals surface area contributed by atoms with Crippen LogP contribution >= 0.6 is 0 Å². The maximum Gasteiger partial charge on any atom is 0.251 e. The zero-order valence-electron chi connectivity index (χ0n) is 14.5. The number of rotatable bonds is 3. The standard InChI is InChI=1S/C18H25N3O3/c1-12(2)24-13(3)16(22)21-10-8-18(9-11-21)17(23)19-14-6-4-5-7-15(14)20-18/h4-7,12-13,20H,8-11H2,1-3H3,(H,19,23)/t13-/m0/s1. The summed E-state index contributed by atoms with van der Waals surface area (Å²) in [7, 11) is 0. The highest BCUT2D eigenvalue weighted by Crippen LogP contribution is 2.36. The minimum atomic E-state index is -0.632. The number of likely N-dealkylation sites (tertiary alicyclic amines) is 1. The maximum absolute atomic E-state index is 12.6. The van der Waals surface area contributed by atoms with E-state index in [1.165, 1.54) is 0 Å². The third-order valence-electron chi connectivity index (χ3n) is 4.74. The van der Waals surface area contributed by atoms with Crippen LogP contribution in [0.15, 0.2) is 24.3 Å². The van der Waals surface area contributed by atoms with Crippen LogP contribution < -0.4 is 10.6 Å². The highest BCUT2D eigenvalue weighted by atomic mass is 16.5. The van der Waals surface area contributed by atoms with Crippen molar-refractivity contribution in [3.05, 3.63) is 24.3 Å². The van der Waals surface area contributed by atoms with Crippen LogP contribution in [0.3, 0.4) is 0 Å². The first-order chi connectivity index (χ1) is 11.4. The van der Waals surface area contributed by atoms with Crippen LogP contribution in [0.2, 0.25) is 0 Å². The Labute approximate surface area is 142 Å². The molecule has 24 heavy (non-hydrogen) atoms. The molecule has 1 spiro atoms. The molecule has 6 heteroatoms. The second-order valence-electron chi connectivity index (χ2n) is 6.86. The van der Waals surface area contributed by atoms with Gasteiger partial charge in [-0.25, -0.2) is 0 Å². The Hall–Kier alpha value is -2.08. The smallest absolute Gasteiger partial charge is 0.251 e. The summed E-state index contributed by atoms with van der Waals surface area (Å²) in [6.45, 7) is 6.72. The van der Waals surface area contributed by atoms with Gasteiger partial charge in [-0.2, -0.15) is 0 Å². The highest BCUT2D eigenvalue weighted by Gasteiger charge is 2.45. The van der Waals surface area contributed by atoms with Gasteiger partial charge in [-0.15, -0.1) is 0 Å². The molecule has 1 fully saturated rings. The summed E-state index contributed by atoms with van der Waals surface area (Å²) in [5.41, 5.74) is 1.12. The van der Waals surface area contributed by atoms with Crippen LogP contribution in [0.5, 0.6) is 0 Å². The van der Waals surface area contributed by atoms with Gasteiger partial charge in [-0.05, 0) is 45.7 Å². The lowest BCUT2D eigenvalue weighted by Gasteiger charge is -2.44. The molecule has 3 rings (SSSR count). The summed E-state index contributed by atoms with van der Waals surface area (Å²) in [6.07, 6.45) is 0.746. The molecule has 130 valence electrons. The van der Waals surface area contributed by atoms with Crippen molar-refractivity contribution in [2.24, 2.45) is 0 Å². The van der Waals surface area contributed by atoms with E-state index >= 15 is 0 Å². The number of anilines is 2. The van der Waals surface area contributed by atoms with Gasteiger partial charge in [-0.3, -0.25) is 9.59 Å². The fourth-order valence-corrected chi connectivity index (χ4v) is 3.44. The quantitative estimate of drug-likeness (QED) is 0.891. The number of amides is 2. The lowest BCUT2D eigenvalue weighted by atomic mass is 9.84. The van der Waals surface area contributed by atoms with E-state index in [9.17, 15) is 9.59 Å². The van der Waals surface area contributed by atoms with Crippen LogP contribution in [0.25, 0.3) is 0 Å². The third kappa shape index (κ3) is 3.11. The first-order valence-corrected chi connectivity index (χ1v) is 8.54. The SMILES string of the molecule is CC(C)O[C@@H](C)C(=O)N1CCC2(CC1)Nc1ccccc1NC2=O. The number of ether oxygens (including phenoxy) is 1. The molecule has 0 radical (unpaired) electrons. The number of fused-ring (bicyclic) bond motifs is 1. The fourth-order valence-electron chi connectivity index (χ4n) is 3.44. The van der Waals surface area contributed by atoms with Gasteiger partial charge in [0.2, 0.25) is 5.91 Å². The third-order valence-corrected chi connectivity index (χ3v) is 4.74. The molecular weight excluding hydrogens is 306 g/mol. The number of para-hydroxylation sites is 2. The normalized spacial score (nSPS) is 20.3. The molecular formula is C18H25N3O3. The van der Waals surface area contributed by atoms with Crippen molar-refractivity contribution < 1.29 is 14.3 Å². The van der Waals surface area contributed by atoms with Crippen LogP contribution in [-0.2, 0) is 14.3 Å². The van der Waals surface area contributed by atoms with E-state index in [0.717, 1.165) is 11.4 Å². The first-order valence-electron chi connectivity index (χ1n) is 8.54. The maximum atomic E-state index is 12.6. The van der Waals surface area contributed by atoms with Crippen molar-refractivity contribution >= 4 is 23.2 Å². The molecule has 0 aromatic heterocycles. The van der Waals surface area contributed by atoms with E-state index < -0.39 is 11.6 Å². The minimum absolute atomic E-state index is 0.00447. The summed E-state index contributed by atoms with van der Waals surface area (Å²) >= 11 is 0. The molecule has 2 amide bonds. The number of benzene rings is 1. The number of nitrogens with zero attached hydrogens (tertiary/aromatic N) is 1. The molecule has 0 bridgehead atoms. The molecule has 0 aliphatic carbocycles. The molecule has 0 saturated carbocycles. The monoisotopic (exact) mass is 331 g/mol. The zero-order chi connectivity index (χ0) is 17.3. The van der Waals surface area contributed by atoms with Gasteiger partial charge in [0.15, 0.2) is 0 Å². The second-order valence-corrected chi connectivity index (χ2v) is 6.86. The number of hydrogen-bond donors (Lipinski definition) is 2. The van der Waals surface area contributed by atoms with Crippen molar-refractivity contribution in [1.29, 1.82) is 0 Å². The molecule has 2 aliphatic heterocycles. The van der Waals surface area contributed by atoms with Crippen molar-refractivity contribution in [3.8, 4) is 0 Å². The van der Waals surface area contributed by atoms with Crippen molar-refractivity contribution in [3.63, 3.8) is 0 Å². The van der Waals surface area contributed by atoms with Crippen molar-refractivity contribution in [2.75, 3.05) is 23.7 Å². The van der Waals surface area contributed by atoms with Gasteiger partial charge in [0.1, 0.15) is 11.6 Å². The number of nitrogens with one attached hydrogen (secondary N) is 2. The molecule has 6 nitrogen and oxygen atoms in total. The number of piperidine rings is 1. The summed E-state index contributed by atoms with van der Waals surface area (Å²) < 4.78 is 5.58. The van der Waals surface area contributed by atoms with Gasteiger partial charge >= 0.3 is 0 Å². The van der Waals surface area contributed by atoms with Crippen LogP contribution in [0.1, 0.15) is 33.6 Å². The Balaban J connectivity index is 1.66. The number of carbonyl (C=O) groups excluding carboxylic acids is 2. The average molecular weight is 331 g/mol. The molecule has 1 atom stereocenters. The summed E-state index contributed by atoms with van der Waals surface area (Å²) in [5.74, 6) is -0.0186. The molecule has 2 aliphatic rings. The minimum Gasteiger partial charge on any atom is -0.369 e. The predicted octanol–water partition coefficient (Wildman–Crippen LogP) is 2.23. The number of carbonyl (C=O) groups is 2. The number of hydrogen-bond acceptors (Lipinski definition) is 4. The Bertz CT molecular complexity index is 636. The molecule has 0 unspecified atom stereocenters. The largest absolute Gasteiger partial charge is 0.369 e. The van der Waals surface area contributed by atoms with Gasteiger partial charge in [-0.1, -0.05) is 12.1 Å². The van der Waals surface area contributed by atoms with Crippen LogP contribution in [0, 0.1) is 0 Å². The van der Waals surface area contributed by atoms with E-state index in [1.807, 2.05) is 38.1 Å². The van der Waals surface area contributed by atoms with Crippen LogP contribution in [-0.4, -0.2) is 47.6 Å². The second kappa shape index (κ2) is 6.43. The summed E-state index contributed by atoms with van der Waals surface area (Å²) in [4.78, 5) is 26.9. The molecule has 1 aromatic carbocycles. The van der Waals surface area contributed by atoms with Gasteiger partial charge in [0, 0.05) is 13.1 Å². The average Bonchev–Trinajstić information content (AvgIpc) is 2.55.